The van der Waals surface area contributed by atoms with Gasteiger partial charge in [-0.2, -0.15) is 0 Å². The normalized spacial score (nSPS) is 13.0. The summed E-state index contributed by atoms with van der Waals surface area (Å²) in [4.78, 5) is 12.3. The topological polar surface area (TPSA) is 47.6 Å². The molecule has 1 N–H and O–H groups in total. The van der Waals surface area contributed by atoms with Crippen molar-refractivity contribution in [2.24, 2.45) is 0 Å². The molecule has 0 fully saturated rings. The number of hydrogen-bond acceptors (Lipinski definition) is 3. The number of carbonyl (C=O) groups excluding carboxylic acids is 1. The zero-order chi connectivity index (χ0) is 15.9. The van der Waals surface area contributed by atoms with Gasteiger partial charge in [-0.15, -0.1) is 0 Å². The Balaban J connectivity index is 1.98. The van der Waals surface area contributed by atoms with Crippen LogP contribution in [0.4, 0.5) is 0 Å². The zero-order valence-electron chi connectivity index (χ0n) is 13.1. The molecule has 0 aliphatic rings. The van der Waals surface area contributed by atoms with Crippen molar-refractivity contribution in [3.63, 3.8) is 0 Å². The van der Waals surface area contributed by atoms with Gasteiger partial charge < -0.3 is 14.8 Å². The second-order valence-corrected chi connectivity index (χ2v) is 5.05. The van der Waals surface area contributed by atoms with E-state index in [1.807, 2.05) is 61.5 Å². The number of carbonyl (C=O) groups is 1. The molecule has 2 aromatic carbocycles. The molecule has 2 rings (SSSR count). The van der Waals surface area contributed by atoms with Crippen molar-refractivity contribution in [3.8, 4) is 11.5 Å². The van der Waals surface area contributed by atoms with Crippen LogP contribution in [0.2, 0.25) is 0 Å². The van der Waals surface area contributed by atoms with E-state index in [0.717, 1.165) is 11.3 Å². The summed E-state index contributed by atoms with van der Waals surface area (Å²) in [5.74, 6) is 1.27. The van der Waals surface area contributed by atoms with Gasteiger partial charge in [0, 0.05) is 5.56 Å². The Bertz CT molecular complexity index is 613. The second kappa shape index (κ2) is 7.50. The number of amides is 1. The number of methoxy groups -OCH3 is 1. The fraction of sp³-hybridized carbons (Fsp3) is 0.278. The second-order valence-electron chi connectivity index (χ2n) is 5.05. The molecule has 2 aromatic rings. The van der Waals surface area contributed by atoms with Crippen LogP contribution in [-0.2, 0) is 4.79 Å². The van der Waals surface area contributed by atoms with Crippen LogP contribution in [0.5, 0.6) is 11.5 Å². The minimum absolute atomic E-state index is 0.162. The number of nitrogens with one attached hydrogen (secondary N) is 1. The molecule has 4 nitrogen and oxygen atoms in total. The van der Waals surface area contributed by atoms with Crippen LogP contribution >= 0.6 is 0 Å². The Morgan fingerprint density at radius 2 is 1.64 bits per heavy atom. The van der Waals surface area contributed by atoms with E-state index in [-0.39, 0.29) is 11.9 Å². The van der Waals surface area contributed by atoms with Crippen LogP contribution in [-0.4, -0.2) is 19.1 Å². The van der Waals surface area contributed by atoms with Crippen LogP contribution in [0.25, 0.3) is 0 Å². The number of ether oxygens (including phenoxy) is 2. The number of benzene rings is 2. The van der Waals surface area contributed by atoms with Crippen molar-refractivity contribution in [1.82, 2.24) is 5.32 Å². The highest BCUT2D eigenvalue weighted by Gasteiger charge is 2.19. The number of rotatable bonds is 6. The monoisotopic (exact) mass is 299 g/mol. The minimum Gasteiger partial charge on any atom is -0.496 e. The minimum atomic E-state index is -0.570. The van der Waals surface area contributed by atoms with Crippen LogP contribution in [0, 0.1) is 0 Å². The third-order valence-corrected chi connectivity index (χ3v) is 3.39. The Labute approximate surface area is 131 Å². The summed E-state index contributed by atoms with van der Waals surface area (Å²) in [5.41, 5.74) is 0.935. The molecule has 0 heterocycles. The Kier molecular flexibility index (Phi) is 5.42. The molecule has 0 saturated heterocycles. The van der Waals surface area contributed by atoms with E-state index in [2.05, 4.69) is 5.32 Å². The summed E-state index contributed by atoms with van der Waals surface area (Å²) in [7, 11) is 1.62. The fourth-order valence-electron chi connectivity index (χ4n) is 2.19. The SMILES string of the molecule is COc1ccccc1[C@@H](C)NC(=O)[C@H](C)Oc1ccccc1. The van der Waals surface area contributed by atoms with E-state index in [4.69, 9.17) is 9.47 Å². The van der Waals surface area contributed by atoms with Gasteiger partial charge in [-0.25, -0.2) is 0 Å². The van der Waals surface area contributed by atoms with Gasteiger partial charge in [-0.05, 0) is 32.0 Å². The van der Waals surface area contributed by atoms with E-state index < -0.39 is 6.10 Å². The van der Waals surface area contributed by atoms with Gasteiger partial charge >= 0.3 is 0 Å². The van der Waals surface area contributed by atoms with Gasteiger partial charge in [0.1, 0.15) is 11.5 Å². The molecule has 0 aliphatic carbocycles. The summed E-state index contributed by atoms with van der Waals surface area (Å²) in [6.07, 6.45) is -0.570. The summed E-state index contributed by atoms with van der Waals surface area (Å²) in [5, 5.41) is 2.95. The summed E-state index contributed by atoms with van der Waals surface area (Å²) < 4.78 is 10.9. The predicted octanol–water partition coefficient (Wildman–Crippen LogP) is 3.34. The zero-order valence-corrected chi connectivity index (χ0v) is 13.1. The third-order valence-electron chi connectivity index (χ3n) is 3.39. The van der Waals surface area contributed by atoms with Crippen LogP contribution in [0.3, 0.4) is 0 Å². The maximum atomic E-state index is 12.3. The molecule has 4 heteroatoms. The molecule has 0 bridgehead atoms. The van der Waals surface area contributed by atoms with Gasteiger partial charge in [-0.3, -0.25) is 4.79 Å². The molecular weight excluding hydrogens is 278 g/mol. The van der Waals surface area contributed by atoms with Crippen molar-refractivity contribution in [2.45, 2.75) is 26.0 Å². The lowest BCUT2D eigenvalue weighted by Crippen LogP contribution is -2.37. The van der Waals surface area contributed by atoms with E-state index in [9.17, 15) is 4.79 Å². The van der Waals surface area contributed by atoms with Crippen molar-refractivity contribution < 1.29 is 14.3 Å². The van der Waals surface area contributed by atoms with Crippen LogP contribution in [0.15, 0.2) is 54.6 Å². The molecule has 0 unspecified atom stereocenters. The Morgan fingerprint density at radius 1 is 1.00 bits per heavy atom. The standard InChI is InChI=1S/C18H21NO3/c1-13(16-11-7-8-12-17(16)21-3)19-18(20)14(2)22-15-9-5-4-6-10-15/h4-14H,1-3H3,(H,19,20)/t13-,14+/m1/s1. The quantitative estimate of drug-likeness (QED) is 0.890. The molecule has 116 valence electrons. The first kappa shape index (κ1) is 15.9. The number of para-hydroxylation sites is 2. The van der Waals surface area contributed by atoms with Gasteiger partial charge in [0.15, 0.2) is 6.10 Å². The fourth-order valence-corrected chi connectivity index (χ4v) is 2.19. The molecule has 22 heavy (non-hydrogen) atoms. The van der Waals surface area contributed by atoms with E-state index >= 15 is 0 Å². The summed E-state index contributed by atoms with van der Waals surface area (Å²) >= 11 is 0. The molecule has 0 aliphatic heterocycles. The van der Waals surface area contributed by atoms with E-state index in [1.54, 1.807) is 14.0 Å². The van der Waals surface area contributed by atoms with Gasteiger partial charge in [0.25, 0.3) is 5.91 Å². The van der Waals surface area contributed by atoms with Crippen molar-refractivity contribution >= 4 is 5.91 Å². The highest BCUT2D eigenvalue weighted by atomic mass is 16.5. The van der Waals surface area contributed by atoms with Crippen molar-refractivity contribution in [2.75, 3.05) is 7.11 Å². The van der Waals surface area contributed by atoms with E-state index in [0.29, 0.717) is 5.75 Å². The summed E-state index contributed by atoms with van der Waals surface area (Å²) in [6.45, 7) is 3.66. The van der Waals surface area contributed by atoms with Crippen molar-refractivity contribution in [3.05, 3.63) is 60.2 Å². The summed E-state index contributed by atoms with van der Waals surface area (Å²) in [6, 6.07) is 16.8. The largest absolute Gasteiger partial charge is 0.496 e. The molecule has 1 amide bonds. The van der Waals surface area contributed by atoms with Crippen LogP contribution < -0.4 is 14.8 Å². The molecule has 0 radical (unpaired) electrons. The average Bonchev–Trinajstić information content (AvgIpc) is 2.55. The lowest BCUT2D eigenvalue weighted by atomic mass is 10.1. The van der Waals surface area contributed by atoms with Gasteiger partial charge in [0.2, 0.25) is 0 Å². The maximum absolute atomic E-state index is 12.3. The molecular formula is C18H21NO3. The lowest BCUT2D eigenvalue weighted by molar-refractivity contribution is -0.127. The highest BCUT2D eigenvalue weighted by Crippen LogP contribution is 2.24. The molecule has 0 spiro atoms. The first-order valence-corrected chi connectivity index (χ1v) is 7.27. The Morgan fingerprint density at radius 3 is 2.32 bits per heavy atom. The third kappa shape index (κ3) is 4.01. The van der Waals surface area contributed by atoms with E-state index in [1.165, 1.54) is 0 Å². The van der Waals surface area contributed by atoms with Crippen molar-refractivity contribution in [1.29, 1.82) is 0 Å². The van der Waals surface area contributed by atoms with Crippen LogP contribution in [0.1, 0.15) is 25.5 Å². The van der Waals surface area contributed by atoms with Gasteiger partial charge in [-0.1, -0.05) is 36.4 Å². The number of hydrogen-bond donors (Lipinski definition) is 1. The first-order chi connectivity index (χ1) is 10.6. The lowest BCUT2D eigenvalue weighted by Gasteiger charge is -2.20. The molecule has 0 saturated carbocycles. The highest BCUT2D eigenvalue weighted by molar-refractivity contribution is 5.81. The smallest absolute Gasteiger partial charge is 0.261 e. The first-order valence-electron chi connectivity index (χ1n) is 7.27. The average molecular weight is 299 g/mol. The predicted molar refractivity (Wildman–Crippen MR) is 86.1 cm³/mol. The maximum Gasteiger partial charge on any atom is 0.261 e. The van der Waals surface area contributed by atoms with Gasteiger partial charge in [0.05, 0.1) is 13.2 Å². The Hall–Kier alpha value is -2.49. The molecule has 0 aromatic heterocycles. The molecule has 2 atom stereocenters.